The number of aryl methyl sites for hydroxylation is 1. The summed E-state index contributed by atoms with van der Waals surface area (Å²) in [6.45, 7) is 4.39. The van der Waals surface area contributed by atoms with Gasteiger partial charge in [0.15, 0.2) is 0 Å². The van der Waals surface area contributed by atoms with Gasteiger partial charge in [0.05, 0.1) is 18.5 Å². The SMILES string of the molecule is Cc1ccc(N2C(=O)c3ccc(-c4ccco4)n3C[C@]2(C)C(=O)NCc2ccc(Cl)cc2)cc1. The highest BCUT2D eigenvalue weighted by molar-refractivity contribution is 6.30. The first-order valence-corrected chi connectivity index (χ1v) is 11.4. The average molecular weight is 474 g/mol. The zero-order valence-corrected chi connectivity index (χ0v) is 19.7. The molecule has 1 aliphatic rings. The first-order valence-electron chi connectivity index (χ1n) is 11.0. The lowest BCUT2D eigenvalue weighted by Gasteiger charge is -2.44. The third-order valence-electron chi connectivity index (χ3n) is 6.28. The lowest BCUT2D eigenvalue weighted by atomic mass is 9.93. The van der Waals surface area contributed by atoms with E-state index in [0.29, 0.717) is 28.7 Å². The van der Waals surface area contributed by atoms with Crippen LogP contribution in [0, 0.1) is 6.92 Å². The van der Waals surface area contributed by atoms with Crippen LogP contribution in [0.25, 0.3) is 11.5 Å². The summed E-state index contributed by atoms with van der Waals surface area (Å²) in [7, 11) is 0. The van der Waals surface area contributed by atoms with Gasteiger partial charge in [0.2, 0.25) is 5.91 Å². The molecule has 34 heavy (non-hydrogen) atoms. The molecule has 0 unspecified atom stereocenters. The minimum atomic E-state index is -1.17. The van der Waals surface area contributed by atoms with Gasteiger partial charge in [-0.2, -0.15) is 0 Å². The number of amides is 2. The summed E-state index contributed by atoms with van der Waals surface area (Å²) in [5, 5.41) is 3.66. The average Bonchev–Trinajstić information content (AvgIpc) is 3.49. The topological polar surface area (TPSA) is 67.5 Å². The smallest absolute Gasteiger partial charge is 0.275 e. The number of aromatic nitrogens is 1. The molecule has 172 valence electrons. The standard InChI is InChI=1S/C27H24ClN3O3/c1-18-5-11-21(12-6-18)31-25(32)23-14-13-22(24-4-3-15-34-24)30(23)17-27(31,2)26(33)29-16-19-7-9-20(28)10-8-19/h3-15H,16-17H2,1-2H3,(H,29,33)/t27-/m1/s1. The lowest BCUT2D eigenvalue weighted by Crippen LogP contribution is -2.64. The van der Waals surface area contributed by atoms with E-state index in [4.69, 9.17) is 16.0 Å². The number of benzene rings is 2. The molecule has 0 saturated heterocycles. The van der Waals surface area contributed by atoms with Crippen LogP contribution in [-0.2, 0) is 17.9 Å². The lowest BCUT2D eigenvalue weighted by molar-refractivity contribution is -0.126. The van der Waals surface area contributed by atoms with Gasteiger partial charge in [-0.25, -0.2) is 0 Å². The maximum Gasteiger partial charge on any atom is 0.275 e. The van der Waals surface area contributed by atoms with Crippen LogP contribution >= 0.6 is 11.6 Å². The van der Waals surface area contributed by atoms with E-state index < -0.39 is 5.54 Å². The van der Waals surface area contributed by atoms with E-state index in [1.165, 1.54) is 0 Å². The molecule has 0 radical (unpaired) electrons. The molecule has 0 aliphatic carbocycles. The van der Waals surface area contributed by atoms with Gasteiger partial charge in [0.25, 0.3) is 5.91 Å². The van der Waals surface area contributed by atoms with Crippen molar-refractivity contribution in [1.82, 2.24) is 9.88 Å². The van der Waals surface area contributed by atoms with Gasteiger partial charge in [-0.15, -0.1) is 0 Å². The van der Waals surface area contributed by atoms with Crippen molar-refractivity contribution in [3.63, 3.8) is 0 Å². The zero-order valence-electron chi connectivity index (χ0n) is 18.9. The predicted octanol–water partition coefficient (Wildman–Crippen LogP) is 5.45. The maximum atomic E-state index is 13.8. The summed E-state index contributed by atoms with van der Waals surface area (Å²) in [6.07, 6.45) is 1.59. The maximum absolute atomic E-state index is 13.8. The normalized spacial score (nSPS) is 17.5. The van der Waals surface area contributed by atoms with Gasteiger partial charge < -0.3 is 14.3 Å². The predicted molar refractivity (Wildman–Crippen MR) is 132 cm³/mol. The molecule has 2 amide bonds. The molecule has 1 aliphatic heterocycles. The van der Waals surface area contributed by atoms with Gasteiger partial charge >= 0.3 is 0 Å². The monoisotopic (exact) mass is 473 g/mol. The molecule has 1 N–H and O–H groups in total. The van der Waals surface area contributed by atoms with Crippen molar-refractivity contribution in [2.24, 2.45) is 0 Å². The Labute approximate surface area is 202 Å². The van der Waals surface area contributed by atoms with Crippen LogP contribution in [0.15, 0.2) is 83.5 Å². The number of furan rings is 1. The van der Waals surface area contributed by atoms with Crippen molar-refractivity contribution in [1.29, 1.82) is 0 Å². The second-order valence-electron chi connectivity index (χ2n) is 8.73. The minimum absolute atomic E-state index is 0.239. The molecule has 0 fully saturated rings. The number of anilines is 1. The van der Waals surface area contributed by atoms with Crippen LogP contribution < -0.4 is 10.2 Å². The Hall–Kier alpha value is -3.77. The van der Waals surface area contributed by atoms with Crippen LogP contribution in [-0.4, -0.2) is 21.9 Å². The van der Waals surface area contributed by atoms with Crippen LogP contribution in [0.1, 0.15) is 28.5 Å². The molecule has 2 aromatic carbocycles. The van der Waals surface area contributed by atoms with E-state index in [9.17, 15) is 9.59 Å². The number of fused-ring (bicyclic) bond motifs is 1. The minimum Gasteiger partial charge on any atom is -0.463 e. The highest BCUT2D eigenvalue weighted by Crippen LogP contribution is 2.36. The first-order chi connectivity index (χ1) is 16.4. The number of hydrogen-bond donors (Lipinski definition) is 1. The third kappa shape index (κ3) is 3.80. The van der Waals surface area contributed by atoms with Crippen molar-refractivity contribution >= 4 is 29.1 Å². The van der Waals surface area contributed by atoms with Crippen molar-refractivity contribution in [3.8, 4) is 11.5 Å². The Balaban J connectivity index is 1.54. The summed E-state index contributed by atoms with van der Waals surface area (Å²) in [5.41, 5.74) is 2.76. The van der Waals surface area contributed by atoms with Crippen molar-refractivity contribution in [3.05, 3.63) is 101 Å². The molecular weight excluding hydrogens is 450 g/mol. The molecule has 2 aromatic heterocycles. The van der Waals surface area contributed by atoms with E-state index >= 15 is 0 Å². The fourth-order valence-corrected chi connectivity index (χ4v) is 4.55. The van der Waals surface area contributed by atoms with Crippen LogP contribution in [0.5, 0.6) is 0 Å². The molecule has 0 spiro atoms. The summed E-state index contributed by atoms with van der Waals surface area (Å²) >= 11 is 5.98. The van der Waals surface area contributed by atoms with Crippen LogP contribution in [0.2, 0.25) is 5.02 Å². The first kappa shape index (κ1) is 22.0. The molecular formula is C27H24ClN3O3. The van der Waals surface area contributed by atoms with Gasteiger partial charge in [-0.1, -0.05) is 41.4 Å². The van der Waals surface area contributed by atoms with Gasteiger partial charge in [-0.05, 0) is 67.9 Å². The molecule has 7 heteroatoms. The highest BCUT2D eigenvalue weighted by Gasteiger charge is 2.48. The van der Waals surface area contributed by atoms with Gasteiger partial charge in [-0.3, -0.25) is 14.5 Å². The molecule has 0 saturated carbocycles. The summed E-state index contributed by atoms with van der Waals surface area (Å²) < 4.78 is 7.46. The number of hydrogen-bond acceptors (Lipinski definition) is 3. The molecule has 4 aromatic rings. The van der Waals surface area contributed by atoms with E-state index in [0.717, 1.165) is 16.8 Å². The molecule has 3 heterocycles. The Bertz CT molecular complexity index is 1340. The molecule has 6 nitrogen and oxygen atoms in total. The molecule has 1 atom stereocenters. The Kier molecular flexibility index (Phi) is 5.54. The van der Waals surface area contributed by atoms with E-state index in [-0.39, 0.29) is 18.4 Å². The summed E-state index contributed by atoms with van der Waals surface area (Å²) in [6, 6.07) is 22.2. The largest absolute Gasteiger partial charge is 0.463 e. The Morgan fingerprint density at radius 3 is 2.41 bits per heavy atom. The van der Waals surface area contributed by atoms with E-state index in [1.54, 1.807) is 42.4 Å². The Morgan fingerprint density at radius 2 is 1.74 bits per heavy atom. The molecule has 0 bridgehead atoms. The number of halogens is 1. The van der Waals surface area contributed by atoms with Crippen LogP contribution in [0.4, 0.5) is 5.69 Å². The number of carbonyl (C=O) groups is 2. The Morgan fingerprint density at radius 1 is 1.03 bits per heavy atom. The number of rotatable bonds is 5. The fourth-order valence-electron chi connectivity index (χ4n) is 4.43. The van der Waals surface area contributed by atoms with Crippen molar-refractivity contribution in [2.45, 2.75) is 32.5 Å². The zero-order chi connectivity index (χ0) is 23.9. The van der Waals surface area contributed by atoms with E-state index in [2.05, 4.69) is 5.32 Å². The quantitative estimate of drug-likeness (QED) is 0.419. The summed E-state index contributed by atoms with van der Waals surface area (Å²) in [4.78, 5) is 29.1. The fraction of sp³-hybridized carbons (Fsp3) is 0.185. The van der Waals surface area contributed by atoms with Gasteiger partial charge in [0.1, 0.15) is 17.0 Å². The number of nitrogens with zero attached hydrogens (tertiary/aromatic N) is 2. The third-order valence-corrected chi connectivity index (χ3v) is 6.54. The molecule has 5 rings (SSSR count). The summed E-state index contributed by atoms with van der Waals surface area (Å²) in [5.74, 6) is 0.157. The number of carbonyl (C=O) groups excluding carboxylic acids is 2. The number of nitrogens with one attached hydrogen (secondary N) is 1. The highest BCUT2D eigenvalue weighted by atomic mass is 35.5. The van der Waals surface area contributed by atoms with Gasteiger partial charge in [0, 0.05) is 17.3 Å². The second kappa shape index (κ2) is 8.54. The van der Waals surface area contributed by atoms with Crippen molar-refractivity contribution in [2.75, 3.05) is 4.90 Å². The van der Waals surface area contributed by atoms with E-state index in [1.807, 2.05) is 60.0 Å². The van der Waals surface area contributed by atoms with Crippen molar-refractivity contribution < 1.29 is 14.0 Å². The second-order valence-corrected chi connectivity index (χ2v) is 9.16. The van der Waals surface area contributed by atoms with Crippen LogP contribution in [0.3, 0.4) is 0 Å².